The van der Waals surface area contributed by atoms with Crippen molar-refractivity contribution < 1.29 is 9.84 Å². The van der Waals surface area contributed by atoms with E-state index in [0.717, 1.165) is 40.1 Å². The Morgan fingerprint density at radius 2 is 2.11 bits per heavy atom. The summed E-state index contributed by atoms with van der Waals surface area (Å²) in [7, 11) is 1.70. The van der Waals surface area contributed by atoms with Gasteiger partial charge in [0.05, 0.1) is 12.0 Å². The first-order valence-corrected chi connectivity index (χ1v) is 8.39. The molecule has 0 bridgehead atoms. The van der Waals surface area contributed by atoms with Gasteiger partial charge in [0.2, 0.25) is 0 Å². The molecule has 1 aromatic carbocycles. The van der Waals surface area contributed by atoms with Crippen molar-refractivity contribution in [3.63, 3.8) is 0 Å². The van der Waals surface area contributed by atoms with Crippen molar-refractivity contribution >= 4 is 27.7 Å². The van der Waals surface area contributed by atoms with Crippen LogP contribution in [0.4, 0.5) is 0 Å². The van der Waals surface area contributed by atoms with Crippen molar-refractivity contribution in [2.24, 2.45) is 5.41 Å². The molecule has 0 saturated heterocycles. The van der Waals surface area contributed by atoms with Gasteiger partial charge in [-0.2, -0.15) is 0 Å². The number of aliphatic hydroxyl groups excluding tert-OH is 1. The highest BCUT2D eigenvalue weighted by molar-refractivity contribution is 9.10. The zero-order valence-corrected chi connectivity index (χ0v) is 14.3. The van der Waals surface area contributed by atoms with Gasteiger partial charge >= 0.3 is 0 Å². The van der Waals surface area contributed by atoms with E-state index in [0.29, 0.717) is 0 Å². The van der Waals surface area contributed by atoms with Crippen LogP contribution in [0.3, 0.4) is 0 Å². The molecule has 1 unspecified atom stereocenters. The van der Waals surface area contributed by atoms with E-state index in [4.69, 9.17) is 4.74 Å². The fourth-order valence-electron chi connectivity index (χ4n) is 2.16. The molecule has 0 aliphatic rings. The quantitative estimate of drug-likeness (QED) is 0.689. The average molecular weight is 347 g/mol. The van der Waals surface area contributed by atoms with Crippen LogP contribution in [0.1, 0.15) is 33.1 Å². The van der Waals surface area contributed by atoms with E-state index in [1.165, 1.54) is 0 Å². The molecule has 0 spiro atoms. The normalized spacial score (nSPS) is 14.2. The Morgan fingerprint density at radius 1 is 1.37 bits per heavy atom. The third kappa shape index (κ3) is 5.36. The van der Waals surface area contributed by atoms with E-state index in [9.17, 15) is 5.11 Å². The number of halogens is 1. The smallest absolute Gasteiger partial charge is 0.132 e. The standard InChI is InChI=1S/C15H23BrO2S/c1-4-7-15(2,8-9-17)11-19-14-10-12(16)5-6-13(14)18-3/h5-6,10,17H,4,7-9,11H2,1-3H3. The van der Waals surface area contributed by atoms with Gasteiger partial charge in [-0.15, -0.1) is 11.8 Å². The van der Waals surface area contributed by atoms with Gasteiger partial charge in [-0.25, -0.2) is 0 Å². The highest BCUT2D eigenvalue weighted by Crippen LogP contribution is 2.38. The van der Waals surface area contributed by atoms with Crippen molar-refractivity contribution in [2.75, 3.05) is 19.5 Å². The fraction of sp³-hybridized carbons (Fsp3) is 0.600. The summed E-state index contributed by atoms with van der Waals surface area (Å²) < 4.78 is 6.46. The van der Waals surface area contributed by atoms with Gasteiger partial charge < -0.3 is 9.84 Å². The van der Waals surface area contributed by atoms with Crippen molar-refractivity contribution in [2.45, 2.75) is 38.0 Å². The van der Waals surface area contributed by atoms with Gasteiger partial charge in [0.25, 0.3) is 0 Å². The minimum Gasteiger partial charge on any atom is -0.496 e. The van der Waals surface area contributed by atoms with Crippen LogP contribution in [0.5, 0.6) is 5.75 Å². The van der Waals surface area contributed by atoms with Gasteiger partial charge in [0.15, 0.2) is 0 Å². The summed E-state index contributed by atoms with van der Waals surface area (Å²) in [6.45, 7) is 4.71. The first-order valence-electron chi connectivity index (χ1n) is 6.62. The van der Waals surface area contributed by atoms with E-state index in [2.05, 4.69) is 35.8 Å². The molecule has 19 heavy (non-hydrogen) atoms. The maximum Gasteiger partial charge on any atom is 0.132 e. The molecule has 0 radical (unpaired) electrons. The molecule has 108 valence electrons. The number of benzene rings is 1. The molecule has 1 aromatic rings. The number of hydrogen-bond donors (Lipinski definition) is 1. The van der Waals surface area contributed by atoms with Crippen LogP contribution in [0.15, 0.2) is 27.6 Å². The van der Waals surface area contributed by atoms with Crippen LogP contribution in [-0.4, -0.2) is 24.6 Å². The largest absolute Gasteiger partial charge is 0.496 e. The number of hydrogen-bond acceptors (Lipinski definition) is 3. The Kier molecular flexibility index (Phi) is 7.26. The van der Waals surface area contributed by atoms with E-state index < -0.39 is 0 Å². The molecule has 1 N–H and O–H groups in total. The highest BCUT2D eigenvalue weighted by Gasteiger charge is 2.23. The molecular formula is C15H23BrO2S. The molecule has 0 aromatic heterocycles. The lowest BCUT2D eigenvalue weighted by Gasteiger charge is -2.28. The lowest BCUT2D eigenvalue weighted by molar-refractivity contribution is 0.205. The van der Waals surface area contributed by atoms with Gasteiger partial charge in [-0.1, -0.05) is 36.2 Å². The number of rotatable bonds is 8. The first kappa shape index (κ1) is 16.9. The van der Waals surface area contributed by atoms with Crippen LogP contribution >= 0.6 is 27.7 Å². The summed E-state index contributed by atoms with van der Waals surface area (Å²) in [4.78, 5) is 1.15. The molecule has 0 aliphatic heterocycles. The SMILES string of the molecule is CCCC(C)(CCO)CSc1cc(Br)ccc1OC. The summed E-state index contributed by atoms with van der Waals surface area (Å²) in [6, 6.07) is 6.06. The van der Waals surface area contributed by atoms with Crippen molar-refractivity contribution in [1.82, 2.24) is 0 Å². The second kappa shape index (κ2) is 8.18. The second-order valence-electron chi connectivity index (χ2n) is 5.12. The Morgan fingerprint density at radius 3 is 2.68 bits per heavy atom. The molecule has 0 saturated carbocycles. The lowest BCUT2D eigenvalue weighted by Crippen LogP contribution is -2.21. The van der Waals surface area contributed by atoms with Gasteiger partial charge in [-0.05, 0) is 36.5 Å². The zero-order chi connectivity index (χ0) is 14.3. The summed E-state index contributed by atoms with van der Waals surface area (Å²) in [5.41, 5.74) is 0.182. The molecule has 0 amide bonds. The summed E-state index contributed by atoms with van der Waals surface area (Å²) in [6.07, 6.45) is 3.13. The Labute approximate surface area is 129 Å². The van der Waals surface area contributed by atoms with Crippen molar-refractivity contribution in [3.8, 4) is 5.75 Å². The summed E-state index contributed by atoms with van der Waals surface area (Å²) in [5, 5.41) is 9.23. The third-order valence-electron chi connectivity index (χ3n) is 3.27. The van der Waals surface area contributed by atoms with Crippen LogP contribution < -0.4 is 4.74 Å². The Hall–Kier alpha value is -0.190. The van der Waals surface area contributed by atoms with Crippen molar-refractivity contribution in [3.05, 3.63) is 22.7 Å². The van der Waals surface area contributed by atoms with Crippen molar-refractivity contribution in [1.29, 1.82) is 0 Å². The molecule has 2 nitrogen and oxygen atoms in total. The molecular weight excluding hydrogens is 324 g/mol. The molecule has 4 heteroatoms. The topological polar surface area (TPSA) is 29.5 Å². The van der Waals surface area contributed by atoms with Gasteiger partial charge in [0.1, 0.15) is 5.75 Å². The maximum absolute atomic E-state index is 9.23. The van der Waals surface area contributed by atoms with Crippen LogP contribution in [0.25, 0.3) is 0 Å². The van der Waals surface area contributed by atoms with Gasteiger partial charge in [0, 0.05) is 16.8 Å². The Balaban J connectivity index is 2.75. The zero-order valence-electron chi connectivity index (χ0n) is 11.9. The summed E-state index contributed by atoms with van der Waals surface area (Å²) in [5.74, 6) is 1.91. The molecule has 0 heterocycles. The number of thioether (sulfide) groups is 1. The number of aliphatic hydroxyl groups is 1. The van der Waals surface area contributed by atoms with Crippen LogP contribution in [0.2, 0.25) is 0 Å². The minimum atomic E-state index is 0.182. The van der Waals surface area contributed by atoms with E-state index in [-0.39, 0.29) is 12.0 Å². The predicted octanol–water partition coefficient (Wildman–Crippen LogP) is 4.74. The fourth-order valence-corrected chi connectivity index (χ4v) is 3.97. The molecule has 0 fully saturated rings. The molecule has 1 atom stereocenters. The first-order chi connectivity index (χ1) is 9.04. The second-order valence-corrected chi connectivity index (χ2v) is 7.05. The predicted molar refractivity (Wildman–Crippen MR) is 86.1 cm³/mol. The van der Waals surface area contributed by atoms with E-state index in [1.807, 2.05) is 12.1 Å². The molecule has 1 rings (SSSR count). The van der Waals surface area contributed by atoms with Crippen LogP contribution in [0, 0.1) is 5.41 Å². The van der Waals surface area contributed by atoms with E-state index >= 15 is 0 Å². The highest BCUT2D eigenvalue weighted by atomic mass is 79.9. The lowest BCUT2D eigenvalue weighted by atomic mass is 9.85. The van der Waals surface area contributed by atoms with E-state index in [1.54, 1.807) is 18.9 Å². The monoisotopic (exact) mass is 346 g/mol. The number of ether oxygens (including phenoxy) is 1. The maximum atomic E-state index is 9.23. The van der Waals surface area contributed by atoms with Crippen LogP contribution in [-0.2, 0) is 0 Å². The summed E-state index contributed by atoms with van der Waals surface area (Å²) >= 11 is 5.31. The molecule has 0 aliphatic carbocycles. The third-order valence-corrected chi connectivity index (χ3v) is 5.24. The number of methoxy groups -OCH3 is 1. The average Bonchev–Trinajstić information content (AvgIpc) is 2.37. The Bertz CT molecular complexity index is 390. The van der Waals surface area contributed by atoms with Gasteiger partial charge in [-0.3, -0.25) is 0 Å². The minimum absolute atomic E-state index is 0.182.